The molecule has 0 aliphatic rings. The average Bonchev–Trinajstić information content (AvgIpc) is 2.92. The number of pyridine rings is 2. The van der Waals surface area contributed by atoms with Crippen LogP contribution in [-0.4, -0.2) is 107 Å². The van der Waals surface area contributed by atoms with Gasteiger partial charge in [0.2, 0.25) is 0 Å². The maximum atomic E-state index is 5.87. The van der Waals surface area contributed by atoms with Gasteiger partial charge in [-0.05, 0) is 42.3 Å². The van der Waals surface area contributed by atoms with E-state index < -0.39 is 35.2 Å². The topological polar surface area (TPSA) is 38.1 Å². The largest absolute Gasteiger partial charge is 0 e. The van der Waals surface area contributed by atoms with E-state index in [1.807, 2.05) is 61.5 Å². The van der Waals surface area contributed by atoms with Gasteiger partial charge in [-0.25, -0.2) is 9.97 Å². The summed E-state index contributed by atoms with van der Waals surface area (Å²) in [4.78, 5) is 8.43. The van der Waals surface area contributed by atoms with Crippen LogP contribution in [0.25, 0.3) is 21.8 Å². The number of aryl methyl sites for hydroxylation is 1. The van der Waals surface area contributed by atoms with Gasteiger partial charge in [0.05, 0.1) is 11.0 Å². The van der Waals surface area contributed by atoms with Gasteiger partial charge in [0, 0.05) is 102 Å². The van der Waals surface area contributed by atoms with Gasteiger partial charge in [0.25, 0.3) is 3.25 Å². The smallest absolute Gasteiger partial charge is 0 e. The van der Waals surface area contributed by atoms with Crippen LogP contribution in [0.5, 0.6) is 0 Å². The van der Waals surface area contributed by atoms with Gasteiger partial charge in [-0.2, -0.15) is 0 Å². The first-order chi connectivity index (χ1) is 20.9. The van der Waals surface area contributed by atoms with E-state index in [1.54, 1.807) is 0 Å². The van der Waals surface area contributed by atoms with Crippen LogP contribution in [0.15, 0.2) is 65.0 Å². The Kier molecular flexibility index (Phi) is 24.0. The van der Waals surface area contributed by atoms with E-state index in [0.717, 1.165) is 21.7 Å². The standard InChI is InChI=1S/C10H7BrClN.C10H8ClN.CCl4.B12.BHNS/c11-6-7-5-10(12)13-9-4-2-1-3-8(7)9;1-7-6-10(11)12-9-5-3-2-4-8(7)9;2-1(3,4)5;1-8(2)11(7)12(9(3)4)10(5)6;1-2-3/h1-5H,6H2;2-6H,1H3;;;3H. The molecule has 45 heavy (non-hydrogen) atoms. The molecule has 0 N–H and O–H groups in total. The fourth-order valence-electron chi connectivity index (χ4n) is 3.66. The molecule has 24 heteroatoms. The van der Waals surface area contributed by atoms with Crippen LogP contribution in [-0.2, 0) is 5.33 Å². The summed E-state index contributed by atoms with van der Waals surface area (Å²) in [5.41, 5.74) is 4.26. The monoisotopic (exact) mass is 774 g/mol. The zero-order valence-corrected chi connectivity index (χ0v) is 30.9. The minimum absolute atomic E-state index is 0.481. The van der Waals surface area contributed by atoms with Crippen LogP contribution in [0.1, 0.15) is 11.1 Å². The molecule has 4 aromatic rings. The van der Waals surface area contributed by atoms with Gasteiger partial charge in [-0.1, -0.05) is 122 Å². The van der Waals surface area contributed by atoms with E-state index in [1.165, 1.54) is 16.5 Å². The first kappa shape index (κ1) is 45.5. The van der Waals surface area contributed by atoms with Gasteiger partial charge < -0.3 is 0 Å². The Hall–Kier alpha value is 0.474. The van der Waals surface area contributed by atoms with Crippen LogP contribution < -0.4 is 0 Å². The maximum absolute atomic E-state index is 5.87. The van der Waals surface area contributed by atoms with E-state index in [9.17, 15) is 0 Å². The van der Waals surface area contributed by atoms with Crippen molar-refractivity contribution >= 4 is 214 Å². The van der Waals surface area contributed by atoms with E-state index >= 15 is 0 Å². The average molecular weight is 776 g/mol. The third kappa shape index (κ3) is 19.3. The van der Waals surface area contributed by atoms with Crippen molar-refractivity contribution in [3.63, 3.8) is 0 Å². The van der Waals surface area contributed by atoms with Crippen molar-refractivity contribution in [2.24, 2.45) is 4.30 Å². The van der Waals surface area contributed by atoms with Gasteiger partial charge in [-0.15, -0.1) is 0 Å². The Labute approximate surface area is 322 Å². The molecule has 2 aromatic heterocycles. The molecule has 0 bridgehead atoms. The minimum Gasteiger partial charge on any atom is 0 e. The zero-order valence-electron chi connectivity index (χ0n) is 23.9. The molecule has 0 aliphatic heterocycles. The number of hydrogen-bond donors (Lipinski definition) is 1. The molecule has 0 atom stereocenters. The van der Waals surface area contributed by atoms with Crippen molar-refractivity contribution in [3.8, 4) is 0 Å². The molecule has 0 spiro atoms. The Morgan fingerprint density at radius 3 is 1.51 bits per heavy atom. The number of fused-ring (bicyclic) bond motifs is 2. The van der Waals surface area contributed by atoms with Crippen molar-refractivity contribution in [2.75, 3.05) is 0 Å². The predicted molar refractivity (Wildman–Crippen MR) is 223 cm³/mol. The second kappa shape index (κ2) is 23.8. The number of para-hydroxylation sites is 2. The zero-order chi connectivity index (χ0) is 34.9. The van der Waals surface area contributed by atoms with Gasteiger partial charge in [0.1, 0.15) is 10.3 Å². The van der Waals surface area contributed by atoms with Crippen molar-refractivity contribution < 1.29 is 0 Å². The molecule has 4 rings (SSSR count). The number of hydrogen-bond acceptors (Lipinski definition) is 4. The van der Waals surface area contributed by atoms with Crippen LogP contribution >= 0.6 is 98.4 Å². The SMILES string of the molecule is Cc1cc(Cl)nc2ccccc12.ClC(Cl)(Cl)Cl.Clc1cc(CBr)c2ccccc2n1.[B]=NS.[B]B([B])B([B])B(B([B])[B])B([B])[B]. The van der Waals surface area contributed by atoms with Crippen molar-refractivity contribution in [1.82, 2.24) is 9.97 Å². The molecule has 0 saturated heterocycles. The summed E-state index contributed by atoms with van der Waals surface area (Å²) in [6.07, 6.45) is -3.22. The quantitative estimate of drug-likeness (QED) is 0.132. The van der Waals surface area contributed by atoms with Crippen molar-refractivity contribution in [3.05, 3.63) is 82.1 Å². The third-order valence-corrected chi connectivity index (χ3v) is 6.58. The summed E-state index contributed by atoms with van der Waals surface area (Å²) in [7, 11) is 42.2. The Balaban J connectivity index is 0.000000577. The predicted octanol–water partition coefficient (Wildman–Crippen LogP) is 5.15. The number of aromatic nitrogens is 2. The van der Waals surface area contributed by atoms with Crippen LogP contribution in [0, 0.1) is 6.92 Å². The number of alkyl halides is 5. The fraction of sp³-hybridized carbons (Fsp3) is 0.143. The van der Waals surface area contributed by atoms with Crippen LogP contribution in [0.3, 0.4) is 0 Å². The van der Waals surface area contributed by atoms with Gasteiger partial charge >= 0.3 is 24.8 Å². The van der Waals surface area contributed by atoms with E-state index in [2.05, 4.69) is 56.7 Å². The fourth-order valence-corrected chi connectivity index (χ4v) is 4.60. The number of nitrogens with zero attached hydrogens (tertiary/aromatic N) is 3. The molecular weight excluding hydrogens is 759 g/mol. The number of thiol groups is 1. The van der Waals surface area contributed by atoms with Crippen molar-refractivity contribution in [1.29, 1.82) is 0 Å². The first-order valence-electron chi connectivity index (χ1n) is 12.6. The molecule has 2 aromatic carbocycles. The van der Waals surface area contributed by atoms with E-state index in [-0.39, 0.29) is 0 Å². The molecule has 15 radical (unpaired) electrons. The Morgan fingerprint density at radius 2 is 1.13 bits per heavy atom. The molecule has 0 unspecified atom stereocenters. The summed E-state index contributed by atoms with van der Waals surface area (Å²) in [6.45, 7) is 2.04. The summed E-state index contributed by atoms with van der Waals surface area (Å²) < 4.78 is 1.08. The molecule has 3 nitrogen and oxygen atoms in total. The molecule has 0 aliphatic carbocycles. The second-order valence-electron chi connectivity index (χ2n) is 8.96. The van der Waals surface area contributed by atoms with Crippen molar-refractivity contribution in [2.45, 2.75) is 15.5 Å². The summed E-state index contributed by atoms with van der Waals surface area (Å²) in [5.74, 6) is 0. The van der Waals surface area contributed by atoms with Crippen LogP contribution in [0.4, 0.5) is 0 Å². The second-order valence-corrected chi connectivity index (χ2v) is 14.0. The minimum atomic E-state index is -1.61. The van der Waals surface area contributed by atoms with Gasteiger partial charge in [0.15, 0.2) is 0 Å². The molecule has 0 saturated carbocycles. The first-order valence-corrected chi connectivity index (χ1v) is 16.4. The number of benzene rings is 2. The van der Waals surface area contributed by atoms with E-state index in [0.29, 0.717) is 10.3 Å². The molecule has 0 fully saturated rings. The summed E-state index contributed by atoms with van der Waals surface area (Å²) >= 11 is 37.6. The Bertz CT molecular complexity index is 1450. The number of halogens is 7. The summed E-state index contributed by atoms with van der Waals surface area (Å²) in [6, 6.07) is 19.7. The molecular formula is C21H16B13BrCl6N3S. The Morgan fingerprint density at radius 1 is 0.756 bits per heavy atom. The molecule has 2 heterocycles. The molecule has 0 amide bonds. The normalized spacial score (nSPS) is 9.78. The number of rotatable bonds is 5. The summed E-state index contributed by atoms with van der Waals surface area (Å²) in [5, 5.41) is 4.24. The molecule has 209 valence electrons. The van der Waals surface area contributed by atoms with E-state index in [4.69, 9.17) is 124 Å². The van der Waals surface area contributed by atoms with Gasteiger partial charge in [-0.3, -0.25) is 0 Å². The van der Waals surface area contributed by atoms with Crippen LogP contribution in [0.2, 0.25) is 10.3 Å². The third-order valence-electron chi connectivity index (χ3n) is 5.58. The maximum Gasteiger partial charge on any atom is 0 e.